The summed E-state index contributed by atoms with van der Waals surface area (Å²) in [5, 5.41) is 4.08. The van der Waals surface area contributed by atoms with Crippen LogP contribution in [0.15, 0.2) is 16.8 Å². The average Bonchev–Trinajstić information content (AvgIpc) is 2.75. The summed E-state index contributed by atoms with van der Waals surface area (Å²) in [7, 11) is 1.61. The molecule has 0 amide bonds. The van der Waals surface area contributed by atoms with E-state index in [2.05, 4.69) is 5.38 Å². The number of hydrogen-bond donors (Lipinski definition) is 1. The number of Topliss-reactive ketones (excluding diaryl/α,β-unsaturated/α-hetero) is 1. The maximum absolute atomic E-state index is 11.6. The van der Waals surface area contributed by atoms with Crippen LogP contribution in [-0.4, -0.2) is 25.5 Å². The predicted octanol–water partition coefficient (Wildman–Crippen LogP) is 1.61. The zero-order valence-electron chi connectivity index (χ0n) is 8.94. The molecule has 0 aliphatic carbocycles. The molecule has 0 aliphatic heterocycles. The van der Waals surface area contributed by atoms with Gasteiger partial charge in [-0.3, -0.25) is 4.79 Å². The summed E-state index contributed by atoms with van der Waals surface area (Å²) in [5.74, 6) is 0.123. The summed E-state index contributed by atoms with van der Waals surface area (Å²) < 4.78 is 4.88. The number of methoxy groups -OCH3 is 1. The quantitative estimate of drug-likeness (QED) is 0.770. The first-order valence-corrected chi connectivity index (χ1v) is 5.96. The van der Waals surface area contributed by atoms with Gasteiger partial charge in [-0.1, -0.05) is 0 Å². The van der Waals surface area contributed by atoms with Gasteiger partial charge in [0.05, 0.1) is 6.04 Å². The smallest absolute Gasteiger partial charge is 0.149 e. The number of thiophene rings is 1. The molecule has 0 spiro atoms. The largest absolute Gasteiger partial charge is 0.385 e. The highest BCUT2D eigenvalue weighted by Gasteiger charge is 2.12. The van der Waals surface area contributed by atoms with Crippen molar-refractivity contribution in [2.24, 2.45) is 5.73 Å². The molecular formula is C11H17NO2S. The van der Waals surface area contributed by atoms with Gasteiger partial charge < -0.3 is 10.5 Å². The molecule has 1 atom stereocenters. The molecule has 4 heteroatoms. The van der Waals surface area contributed by atoms with E-state index >= 15 is 0 Å². The second-order valence-electron chi connectivity index (χ2n) is 3.49. The fourth-order valence-electron chi connectivity index (χ4n) is 1.29. The molecule has 1 aromatic rings. The lowest BCUT2D eigenvalue weighted by Crippen LogP contribution is -2.31. The summed E-state index contributed by atoms with van der Waals surface area (Å²) in [4.78, 5) is 11.6. The van der Waals surface area contributed by atoms with Crippen molar-refractivity contribution in [1.82, 2.24) is 0 Å². The molecule has 0 saturated carbocycles. The summed E-state index contributed by atoms with van der Waals surface area (Å²) in [6, 6.07) is 1.67. The predicted molar refractivity (Wildman–Crippen MR) is 62.1 cm³/mol. The first-order valence-electron chi connectivity index (χ1n) is 5.02. The molecule has 0 saturated heterocycles. The van der Waals surface area contributed by atoms with Gasteiger partial charge in [-0.05, 0) is 35.2 Å². The Morgan fingerprint density at radius 1 is 1.67 bits per heavy atom. The molecule has 0 aromatic carbocycles. The van der Waals surface area contributed by atoms with Gasteiger partial charge in [-0.2, -0.15) is 11.3 Å². The average molecular weight is 227 g/mol. The van der Waals surface area contributed by atoms with Gasteiger partial charge in [0, 0.05) is 20.1 Å². The topological polar surface area (TPSA) is 52.3 Å². The van der Waals surface area contributed by atoms with Gasteiger partial charge in [0.2, 0.25) is 0 Å². The van der Waals surface area contributed by atoms with Gasteiger partial charge in [-0.25, -0.2) is 0 Å². The van der Waals surface area contributed by atoms with Crippen LogP contribution in [0.4, 0.5) is 0 Å². The number of rotatable bonds is 7. The van der Waals surface area contributed by atoms with Crippen molar-refractivity contribution in [3.8, 4) is 0 Å². The third-order valence-electron chi connectivity index (χ3n) is 2.29. The van der Waals surface area contributed by atoms with Crippen molar-refractivity contribution in [3.63, 3.8) is 0 Å². The molecule has 1 unspecified atom stereocenters. The zero-order valence-corrected chi connectivity index (χ0v) is 9.76. The fourth-order valence-corrected chi connectivity index (χ4v) is 2.00. The minimum atomic E-state index is -0.372. The molecule has 1 aromatic heterocycles. The highest BCUT2D eigenvalue weighted by Crippen LogP contribution is 2.09. The maximum atomic E-state index is 11.6. The summed E-state index contributed by atoms with van der Waals surface area (Å²) in [6.45, 7) is 0.547. The van der Waals surface area contributed by atoms with E-state index in [-0.39, 0.29) is 11.8 Å². The van der Waals surface area contributed by atoms with E-state index in [1.807, 2.05) is 11.4 Å². The van der Waals surface area contributed by atoms with Crippen LogP contribution >= 0.6 is 11.3 Å². The monoisotopic (exact) mass is 227 g/mol. The minimum Gasteiger partial charge on any atom is -0.385 e. The van der Waals surface area contributed by atoms with Crippen LogP contribution in [0.5, 0.6) is 0 Å². The highest BCUT2D eigenvalue weighted by atomic mass is 32.1. The SMILES string of the molecule is COCCC(N)C(=O)CCc1ccsc1. The molecule has 0 fully saturated rings. The molecule has 0 aliphatic rings. The van der Waals surface area contributed by atoms with Crippen molar-refractivity contribution in [2.45, 2.75) is 25.3 Å². The van der Waals surface area contributed by atoms with Gasteiger partial charge in [0.15, 0.2) is 0 Å². The van der Waals surface area contributed by atoms with E-state index in [1.54, 1.807) is 18.4 Å². The van der Waals surface area contributed by atoms with Crippen LogP contribution in [0.2, 0.25) is 0 Å². The Morgan fingerprint density at radius 2 is 2.47 bits per heavy atom. The third kappa shape index (κ3) is 4.55. The first-order chi connectivity index (χ1) is 7.24. The molecule has 15 heavy (non-hydrogen) atoms. The first kappa shape index (κ1) is 12.4. The van der Waals surface area contributed by atoms with Gasteiger partial charge in [0.1, 0.15) is 5.78 Å². The van der Waals surface area contributed by atoms with Gasteiger partial charge in [-0.15, -0.1) is 0 Å². The number of hydrogen-bond acceptors (Lipinski definition) is 4. The van der Waals surface area contributed by atoms with Crippen molar-refractivity contribution in [2.75, 3.05) is 13.7 Å². The number of carbonyl (C=O) groups is 1. The fraction of sp³-hybridized carbons (Fsp3) is 0.545. The van der Waals surface area contributed by atoms with Crippen LogP contribution in [0.1, 0.15) is 18.4 Å². The van der Waals surface area contributed by atoms with Crippen LogP contribution < -0.4 is 5.73 Å². The maximum Gasteiger partial charge on any atom is 0.149 e. The van der Waals surface area contributed by atoms with E-state index in [1.165, 1.54) is 5.56 Å². The van der Waals surface area contributed by atoms with E-state index < -0.39 is 0 Å². The molecule has 0 radical (unpaired) electrons. The second-order valence-corrected chi connectivity index (χ2v) is 4.27. The lowest BCUT2D eigenvalue weighted by molar-refractivity contribution is -0.120. The van der Waals surface area contributed by atoms with Gasteiger partial charge in [0.25, 0.3) is 0 Å². The third-order valence-corrected chi connectivity index (χ3v) is 3.02. The lowest BCUT2D eigenvalue weighted by atomic mass is 10.0. The van der Waals surface area contributed by atoms with Crippen molar-refractivity contribution < 1.29 is 9.53 Å². The normalized spacial score (nSPS) is 12.7. The summed E-state index contributed by atoms with van der Waals surface area (Å²) in [6.07, 6.45) is 1.93. The highest BCUT2D eigenvalue weighted by molar-refractivity contribution is 7.07. The Labute approximate surface area is 94.2 Å². The standard InChI is InChI=1S/C11H17NO2S/c1-14-6-4-10(12)11(13)3-2-9-5-7-15-8-9/h5,7-8,10H,2-4,6,12H2,1H3. The molecular weight excluding hydrogens is 210 g/mol. The zero-order chi connectivity index (χ0) is 11.1. The van der Waals surface area contributed by atoms with Crippen molar-refractivity contribution in [1.29, 1.82) is 0 Å². The Morgan fingerprint density at radius 3 is 3.07 bits per heavy atom. The van der Waals surface area contributed by atoms with Crippen molar-refractivity contribution in [3.05, 3.63) is 22.4 Å². The molecule has 1 heterocycles. The Hall–Kier alpha value is -0.710. The molecule has 3 nitrogen and oxygen atoms in total. The van der Waals surface area contributed by atoms with Crippen molar-refractivity contribution >= 4 is 17.1 Å². The summed E-state index contributed by atoms with van der Waals surface area (Å²) >= 11 is 1.65. The Bertz CT molecular complexity index is 285. The van der Waals surface area contributed by atoms with E-state index in [9.17, 15) is 4.79 Å². The molecule has 1 rings (SSSR count). The minimum absolute atomic E-state index is 0.123. The van der Waals surface area contributed by atoms with E-state index in [0.29, 0.717) is 19.4 Å². The number of aryl methyl sites for hydroxylation is 1. The van der Waals surface area contributed by atoms with Gasteiger partial charge >= 0.3 is 0 Å². The van der Waals surface area contributed by atoms with Crippen LogP contribution in [-0.2, 0) is 16.0 Å². The van der Waals surface area contributed by atoms with E-state index in [0.717, 1.165) is 6.42 Å². The number of ketones is 1. The van der Waals surface area contributed by atoms with Crippen LogP contribution in [0.3, 0.4) is 0 Å². The van der Waals surface area contributed by atoms with Crippen LogP contribution in [0.25, 0.3) is 0 Å². The molecule has 2 N–H and O–H groups in total. The Kier molecular flexibility index (Phi) is 5.53. The van der Waals surface area contributed by atoms with E-state index in [4.69, 9.17) is 10.5 Å². The molecule has 84 valence electrons. The number of carbonyl (C=O) groups excluding carboxylic acids is 1. The van der Waals surface area contributed by atoms with Crippen LogP contribution in [0, 0.1) is 0 Å². The Balaban J connectivity index is 2.23. The molecule has 0 bridgehead atoms. The lowest BCUT2D eigenvalue weighted by Gasteiger charge is -2.09. The number of ether oxygens (including phenoxy) is 1. The second kappa shape index (κ2) is 6.71. The summed E-state index contributed by atoms with van der Waals surface area (Å²) in [5.41, 5.74) is 6.93. The number of nitrogens with two attached hydrogens (primary N) is 1.